The number of hydrogen-bond acceptors (Lipinski definition) is 4. The van der Waals surface area contributed by atoms with Crippen LogP contribution in [0.4, 0.5) is 0 Å². The number of aromatic carboxylic acids is 1. The van der Waals surface area contributed by atoms with Crippen LogP contribution in [0.25, 0.3) is 0 Å². The fourth-order valence-electron chi connectivity index (χ4n) is 2.34. The maximum Gasteiger partial charge on any atom is 0.339 e. The van der Waals surface area contributed by atoms with Gasteiger partial charge in [0.05, 0.1) is 13.2 Å². The van der Waals surface area contributed by atoms with Gasteiger partial charge in [-0.15, -0.1) is 0 Å². The summed E-state index contributed by atoms with van der Waals surface area (Å²) in [5.74, 6) is -0.509. The maximum atomic E-state index is 11.1. The van der Waals surface area contributed by atoms with Crippen molar-refractivity contribution in [3.63, 3.8) is 0 Å². The van der Waals surface area contributed by atoms with Crippen LogP contribution in [0.3, 0.4) is 0 Å². The summed E-state index contributed by atoms with van der Waals surface area (Å²) in [5, 5.41) is 9.09. The van der Waals surface area contributed by atoms with Gasteiger partial charge in [0.15, 0.2) is 0 Å². The average molecular weight is 293 g/mol. The van der Waals surface area contributed by atoms with Gasteiger partial charge >= 0.3 is 5.97 Å². The maximum absolute atomic E-state index is 11.1. The van der Waals surface area contributed by atoms with Gasteiger partial charge in [0, 0.05) is 26.2 Å². The highest BCUT2D eigenvalue weighted by molar-refractivity contribution is 5.90. The minimum absolute atomic E-state index is 0.218. The molecule has 21 heavy (non-hydrogen) atoms. The number of carbonyl (C=O) groups is 1. The van der Waals surface area contributed by atoms with E-state index < -0.39 is 5.97 Å². The minimum Gasteiger partial charge on any atom is -0.493 e. The van der Waals surface area contributed by atoms with Gasteiger partial charge in [0.2, 0.25) is 0 Å². The number of hydrogen-bond donors (Lipinski definition) is 1. The van der Waals surface area contributed by atoms with Gasteiger partial charge in [-0.25, -0.2) is 4.79 Å². The highest BCUT2D eigenvalue weighted by Gasteiger charge is 2.28. The van der Waals surface area contributed by atoms with Crippen molar-refractivity contribution < 1.29 is 19.4 Å². The number of para-hydroxylation sites is 1. The Morgan fingerprint density at radius 3 is 2.71 bits per heavy atom. The first-order chi connectivity index (χ1) is 10.2. The van der Waals surface area contributed by atoms with E-state index in [4.69, 9.17) is 14.6 Å². The number of carboxylic acid groups (broad SMARTS) is 1. The second-order valence-corrected chi connectivity index (χ2v) is 5.26. The molecular weight excluding hydrogens is 270 g/mol. The van der Waals surface area contributed by atoms with Crippen molar-refractivity contribution in [2.24, 2.45) is 0 Å². The molecule has 0 atom stereocenters. The second-order valence-electron chi connectivity index (χ2n) is 5.26. The Labute approximate surface area is 125 Å². The molecule has 5 heteroatoms. The van der Waals surface area contributed by atoms with Crippen LogP contribution in [0.5, 0.6) is 5.75 Å². The highest BCUT2D eigenvalue weighted by Crippen LogP contribution is 2.26. The SMILES string of the molecule is COCCN(CCCOc1ccccc1C(=O)O)C1CC1. The lowest BCUT2D eigenvalue weighted by Crippen LogP contribution is -2.31. The molecule has 0 heterocycles. The third-order valence-corrected chi connectivity index (χ3v) is 3.61. The molecule has 116 valence electrons. The Kier molecular flexibility index (Phi) is 6.02. The van der Waals surface area contributed by atoms with E-state index in [0.717, 1.165) is 26.1 Å². The van der Waals surface area contributed by atoms with Gasteiger partial charge in [-0.3, -0.25) is 4.90 Å². The lowest BCUT2D eigenvalue weighted by molar-refractivity contribution is 0.0692. The first-order valence-corrected chi connectivity index (χ1v) is 7.40. The van der Waals surface area contributed by atoms with Gasteiger partial charge in [-0.05, 0) is 31.4 Å². The molecule has 0 aliphatic heterocycles. The third-order valence-electron chi connectivity index (χ3n) is 3.61. The van der Waals surface area contributed by atoms with E-state index in [1.807, 2.05) is 0 Å². The lowest BCUT2D eigenvalue weighted by atomic mass is 10.2. The monoisotopic (exact) mass is 293 g/mol. The van der Waals surface area contributed by atoms with E-state index in [1.54, 1.807) is 31.4 Å². The summed E-state index contributed by atoms with van der Waals surface area (Å²) in [4.78, 5) is 13.5. The molecule has 0 unspecified atom stereocenters. The molecule has 0 saturated heterocycles. The van der Waals surface area contributed by atoms with E-state index in [-0.39, 0.29) is 5.56 Å². The zero-order valence-electron chi connectivity index (χ0n) is 12.5. The van der Waals surface area contributed by atoms with E-state index in [9.17, 15) is 4.79 Å². The van der Waals surface area contributed by atoms with Crippen LogP contribution < -0.4 is 4.74 Å². The summed E-state index contributed by atoms with van der Waals surface area (Å²) in [6, 6.07) is 7.46. The number of rotatable bonds is 10. The topological polar surface area (TPSA) is 59.0 Å². The zero-order chi connectivity index (χ0) is 15.1. The first-order valence-electron chi connectivity index (χ1n) is 7.40. The van der Waals surface area contributed by atoms with Crippen LogP contribution in [0.15, 0.2) is 24.3 Å². The van der Waals surface area contributed by atoms with Crippen LogP contribution in [0, 0.1) is 0 Å². The Bertz CT molecular complexity index is 459. The quantitative estimate of drug-likeness (QED) is 0.671. The fraction of sp³-hybridized carbons (Fsp3) is 0.562. The molecule has 2 rings (SSSR count). The highest BCUT2D eigenvalue weighted by atomic mass is 16.5. The minimum atomic E-state index is -0.953. The summed E-state index contributed by atoms with van der Waals surface area (Å²) >= 11 is 0. The number of nitrogens with zero attached hydrogens (tertiary/aromatic N) is 1. The number of benzene rings is 1. The molecule has 5 nitrogen and oxygen atoms in total. The molecule has 1 aliphatic carbocycles. The van der Waals surface area contributed by atoms with E-state index in [1.165, 1.54) is 12.8 Å². The van der Waals surface area contributed by atoms with Crippen molar-refractivity contribution in [1.82, 2.24) is 4.90 Å². The van der Waals surface area contributed by atoms with E-state index in [2.05, 4.69) is 4.90 Å². The standard InChI is InChI=1S/C16H23NO4/c1-20-12-10-17(13-7-8-13)9-4-11-21-15-6-3-2-5-14(15)16(18)19/h2-3,5-6,13H,4,7-12H2,1H3,(H,18,19). The summed E-state index contributed by atoms with van der Waals surface area (Å²) < 4.78 is 10.7. The second kappa shape index (κ2) is 8.00. The Balaban J connectivity index is 1.75. The third kappa shape index (κ3) is 5.02. The molecule has 1 saturated carbocycles. The number of ether oxygens (including phenoxy) is 2. The molecule has 0 aromatic heterocycles. The summed E-state index contributed by atoms with van der Waals surface area (Å²) in [5.41, 5.74) is 0.218. The largest absolute Gasteiger partial charge is 0.493 e. The van der Waals surface area contributed by atoms with Crippen molar-refractivity contribution in [2.45, 2.75) is 25.3 Å². The predicted octanol–water partition coefficient (Wildman–Crippen LogP) is 2.26. The normalized spacial score (nSPS) is 14.4. The molecule has 1 aromatic rings. The van der Waals surface area contributed by atoms with Gasteiger partial charge in [0.1, 0.15) is 11.3 Å². The molecule has 1 N–H and O–H groups in total. The molecule has 1 fully saturated rings. The Hall–Kier alpha value is -1.59. The molecule has 1 aliphatic rings. The number of carboxylic acids is 1. The van der Waals surface area contributed by atoms with Crippen molar-refractivity contribution in [1.29, 1.82) is 0 Å². The van der Waals surface area contributed by atoms with E-state index in [0.29, 0.717) is 18.4 Å². The molecular formula is C16H23NO4. The predicted molar refractivity (Wildman–Crippen MR) is 80.0 cm³/mol. The summed E-state index contributed by atoms with van der Waals surface area (Å²) in [7, 11) is 1.72. The van der Waals surface area contributed by atoms with Crippen molar-refractivity contribution >= 4 is 5.97 Å². The smallest absolute Gasteiger partial charge is 0.339 e. The van der Waals surface area contributed by atoms with Crippen LogP contribution in [-0.4, -0.2) is 55.4 Å². The van der Waals surface area contributed by atoms with Gasteiger partial charge in [0.25, 0.3) is 0 Å². The van der Waals surface area contributed by atoms with Crippen LogP contribution in [-0.2, 0) is 4.74 Å². The fourth-order valence-corrected chi connectivity index (χ4v) is 2.34. The Morgan fingerprint density at radius 2 is 2.05 bits per heavy atom. The Morgan fingerprint density at radius 1 is 1.29 bits per heavy atom. The van der Waals surface area contributed by atoms with Gasteiger partial charge < -0.3 is 14.6 Å². The molecule has 0 radical (unpaired) electrons. The molecule has 0 amide bonds. The molecule has 1 aromatic carbocycles. The van der Waals surface area contributed by atoms with Crippen molar-refractivity contribution in [2.75, 3.05) is 33.4 Å². The zero-order valence-corrected chi connectivity index (χ0v) is 12.5. The average Bonchev–Trinajstić information content (AvgIpc) is 3.31. The van der Waals surface area contributed by atoms with Gasteiger partial charge in [-0.1, -0.05) is 12.1 Å². The summed E-state index contributed by atoms with van der Waals surface area (Å²) in [6.07, 6.45) is 3.42. The van der Waals surface area contributed by atoms with Crippen molar-refractivity contribution in [3.8, 4) is 5.75 Å². The van der Waals surface area contributed by atoms with Crippen LogP contribution in [0.2, 0.25) is 0 Å². The molecule has 0 spiro atoms. The summed E-state index contributed by atoms with van der Waals surface area (Å²) in [6.45, 7) is 3.19. The van der Waals surface area contributed by atoms with Crippen LogP contribution >= 0.6 is 0 Å². The van der Waals surface area contributed by atoms with Gasteiger partial charge in [-0.2, -0.15) is 0 Å². The van der Waals surface area contributed by atoms with Crippen molar-refractivity contribution in [3.05, 3.63) is 29.8 Å². The van der Waals surface area contributed by atoms with E-state index >= 15 is 0 Å². The van der Waals surface area contributed by atoms with Crippen LogP contribution in [0.1, 0.15) is 29.6 Å². The first kappa shape index (κ1) is 15.8. The lowest BCUT2D eigenvalue weighted by Gasteiger charge is -2.21. The molecule has 0 bridgehead atoms. The number of methoxy groups -OCH3 is 1.